The highest BCUT2D eigenvalue weighted by atomic mass is 16.5. The first kappa shape index (κ1) is 22.9. The Morgan fingerprint density at radius 2 is 1.70 bits per heavy atom. The van der Waals surface area contributed by atoms with E-state index in [9.17, 15) is 14.7 Å². The van der Waals surface area contributed by atoms with Crippen LogP contribution >= 0.6 is 0 Å². The van der Waals surface area contributed by atoms with Crippen LogP contribution in [0.3, 0.4) is 0 Å². The van der Waals surface area contributed by atoms with Crippen LogP contribution in [0.2, 0.25) is 0 Å². The summed E-state index contributed by atoms with van der Waals surface area (Å²) < 4.78 is 10.7. The number of hydrogen-bond acceptors (Lipinski definition) is 5. The third kappa shape index (κ3) is 3.99. The number of phenols is 1. The maximum Gasteiger partial charge on any atom is 0.232 e. The fourth-order valence-corrected chi connectivity index (χ4v) is 5.12. The second kappa shape index (κ2) is 8.58. The van der Waals surface area contributed by atoms with Crippen molar-refractivity contribution >= 4 is 17.4 Å². The molecule has 0 aromatic heterocycles. The van der Waals surface area contributed by atoms with E-state index < -0.39 is 5.92 Å². The molecule has 0 spiro atoms. The van der Waals surface area contributed by atoms with Gasteiger partial charge in [-0.25, -0.2) is 0 Å². The summed E-state index contributed by atoms with van der Waals surface area (Å²) >= 11 is 0. The zero-order chi connectivity index (χ0) is 23.9. The highest BCUT2D eigenvalue weighted by Crippen LogP contribution is 2.50. The molecule has 2 aromatic rings. The standard InChI is InChI=1S/C27H31NO5/c1-6-16-9-7-8-10-19(16)28-20-14-27(2,3)15-21(29)25(20)18(13-24(28)30)17-11-22(32-4)26(31)23(12-17)33-5/h7-12,18,31H,6,13-15H2,1-5H3. The van der Waals surface area contributed by atoms with Crippen molar-refractivity contribution in [2.24, 2.45) is 5.41 Å². The van der Waals surface area contributed by atoms with E-state index in [0.717, 1.165) is 28.9 Å². The minimum absolute atomic E-state index is 0.0452. The highest BCUT2D eigenvalue weighted by molar-refractivity contribution is 6.08. The fourth-order valence-electron chi connectivity index (χ4n) is 5.12. The number of ketones is 1. The lowest BCUT2D eigenvalue weighted by atomic mass is 9.69. The molecule has 1 unspecified atom stereocenters. The van der Waals surface area contributed by atoms with Gasteiger partial charge in [0.25, 0.3) is 0 Å². The summed E-state index contributed by atoms with van der Waals surface area (Å²) in [6.45, 7) is 6.20. The first-order valence-corrected chi connectivity index (χ1v) is 11.3. The van der Waals surface area contributed by atoms with E-state index in [-0.39, 0.29) is 40.8 Å². The molecule has 0 saturated heterocycles. The van der Waals surface area contributed by atoms with Crippen LogP contribution in [0.25, 0.3) is 0 Å². The number of rotatable bonds is 5. The average Bonchev–Trinajstić information content (AvgIpc) is 2.77. The molecular weight excluding hydrogens is 418 g/mol. The molecule has 1 aliphatic heterocycles. The average molecular weight is 450 g/mol. The molecule has 2 aliphatic rings. The topological polar surface area (TPSA) is 76.1 Å². The molecule has 174 valence electrons. The summed E-state index contributed by atoms with van der Waals surface area (Å²) in [5.74, 6) is -0.0123. The summed E-state index contributed by atoms with van der Waals surface area (Å²) in [5, 5.41) is 10.4. The molecular formula is C27H31NO5. The van der Waals surface area contributed by atoms with Gasteiger partial charge in [0, 0.05) is 30.0 Å². The van der Waals surface area contributed by atoms with E-state index in [1.54, 1.807) is 17.0 Å². The van der Waals surface area contributed by atoms with E-state index in [0.29, 0.717) is 18.4 Å². The van der Waals surface area contributed by atoms with Gasteiger partial charge in [0.2, 0.25) is 11.7 Å². The SMILES string of the molecule is CCc1ccccc1N1C(=O)CC(c2cc(OC)c(O)c(OC)c2)C2=C1CC(C)(C)CC2=O. The number of benzene rings is 2. The Morgan fingerprint density at radius 1 is 1.06 bits per heavy atom. The molecule has 0 bridgehead atoms. The molecule has 6 heteroatoms. The normalized spacial score (nSPS) is 20.0. The predicted octanol–water partition coefficient (Wildman–Crippen LogP) is 5.14. The van der Waals surface area contributed by atoms with Crippen LogP contribution in [0, 0.1) is 5.41 Å². The minimum atomic E-state index is -0.426. The Balaban J connectivity index is 1.94. The number of ether oxygens (including phenoxy) is 2. The largest absolute Gasteiger partial charge is 0.502 e. The number of allylic oxidation sites excluding steroid dienone is 2. The number of aromatic hydroxyl groups is 1. The van der Waals surface area contributed by atoms with Gasteiger partial charge in [-0.2, -0.15) is 0 Å². The van der Waals surface area contributed by atoms with Crippen LogP contribution in [0.15, 0.2) is 47.7 Å². The highest BCUT2D eigenvalue weighted by Gasteiger charge is 2.45. The quantitative estimate of drug-likeness (QED) is 0.684. The minimum Gasteiger partial charge on any atom is -0.502 e. The van der Waals surface area contributed by atoms with Crippen molar-refractivity contribution in [3.8, 4) is 17.2 Å². The van der Waals surface area contributed by atoms with Gasteiger partial charge in [0.05, 0.1) is 19.9 Å². The number of carbonyl (C=O) groups excluding carboxylic acids is 2. The van der Waals surface area contributed by atoms with Crippen molar-refractivity contribution in [1.82, 2.24) is 0 Å². The van der Waals surface area contributed by atoms with Gasteiger partial charge >= 0.3 is 0 Å². The fraction of sp³-hybridized carbons (Fsp3) is 0.407. The maximum atomic E-state index is 13.7. The van der Waals surface area contributed by atoms with E-state index in [4.69, 9.17) is 9.47 Å². The summed E-state index contributed by atoms with van der Waals surface area (Å²) in [5.41, 5.74) is 3.85. The molecule has 0 fully saturated rings. The number of hydrogen-bond donors (Lipinski definition) is 1. The number of aryl methyl sites for hydroxylation is 1. The number of phenolic OH excluding ortho intramolecular Hbond substituents is 1. The van der Waals surface area contributed by atoms with E-state index in [1.165, 1.54) is 14.2 Å². The van der Waals surface area contributed by atoms with Crippen LogP contribution in [-0.4, -0.2) is 31.0 Å². The van der Waals surface area contributed by atoms with Gasteiger partial charge in [0.1, 0.15) is 0 Å². The van der Waals surface area contributed by atoms with Crippen molar-refractivity contribution < 1.29 is 24.2 Å². The smallest absolute Gasteiger partial charge is 0.232 e. The molecule has 6 nitrogen and oxygen atoms in total. The first-order chi connectivity index (χ1) is 15.7. The Kier molecular flexibility index (Phi) is 5.95. The van der Waals surface area contributed by atoms with E-state index >= 15 is 0 Å². The lowest BCUT2D eigenvalue weighted by Crippen LogP contribution is -2.44. The van der Waals surface area contributed by atoms with Crippen LogP contribution in [0.5, 0.6) is 17.2 Å². The third-order valence-corrected chi connectivity index (χ3v) is 6.66. The molecule has 1 aliphatic carbocycles. The zero-order valence-electron chi connectivity index (χ0n) is 19.9. The van der Waals surface area contributed by atoms with Crippen molar-refractivity contribution in [1.29, 1.82) is 0 Å². The second-order valence-corrected chi connectivity index (χ2v) is 9.54. The number of nitrogens with zero attached hydrogens (tertiary/aromatic N) is 1. The monoisotopic (exact) mass is 449 g/mol. The first-order valence-electron chi connectivity index (χ1n) is 11.3. The molecule has 1 amide bonds. The summed E-state index contributed by atoms with van der Waals surface area (Å²) in [6, 6.07) is 11.3. The van der Waals surface area contributed by atoms with E-state index in [1.807, 2.05) is 24.3 Å². The molecule has 33 heavy (non-hydrogen) atoms. The lowest BCUT2D eigenvalue weighted by molar-refractivity contribution is -0.121. The van der Waals surface area contributed by atoms with Gasteiger partial charge in [-0.15, -0.1) is 0 Å². The Bertz CT molecular complexity index is 1120. The number of methoxy groups -OCH3 is 2. The molecule has 0 saturated carbocycles. The number of para-hydroxylation sites is 1. The number of amides is 1. The molecule has 0 radical (unpaired) electrons. The van der Waals surface area contributed by atoms with Crippen LogP contribution in [0.1, 0.15) is 57.1 Å². The van der Waals surface area contributed by atoms with Crippen molar-refractivity contribution in [3.05, 3.63) is 58.8 Å². The molecule has 1 N–H and O–H groups in total. The Hall–Kier alpha value is -3.28. The van der Waals surface area contributed by atoms with Gasteiger partial charge in [-0.05, 0) is 47.6 Å². The molecule has 4 rings (SSSR count). The number of anilines is 1. The zero-order valence-corrected chi connectivity index (χ0v) is 19.9. The van der Waals surface area contributed by atoms with Crippen molar-refractivity contribution in [2.45, 2.75) is 52.4 Å². The predicted molar refractivity (Wildman–Crippen MR) is 127 cm³/mol. The Labute approximate surface area is 194 Å². The molecule has 1 heterocycles. The van der Waals surface area contributed by atoms with Gasteiger partial charge in [-0.3, -0.25) is 14.5 Å². The molecule has 1 atom stereocenters. The number of carbonyl (C=O) groups is 2. The summed E-state index contributed by atoms with van der Waals surface area (Å²) in [6.07, 6.45) is 1.99. The van der Waals surface area contributed by atoms with Crippen molar-refractivity contribution in [3.63, 3.8) is 0 Å². The van der Waals surface area contributed by atoms with Crippen LogP contribution in [0.4, 0.5) is 5.69 Å². The maximum absolute atomic E-state index is 13.7. The van der Waals surface area contributed by atoms with Gasteiger partial charge in [0.15, 0.2) is 17.3 Å². The molecule has 2 aromatic carbocycles. The van der Waals surface area contributed by atoms with E-state index in [2.05, 4.69) is 20.8 Å². The van der Waals surface area contributed by atoms with Gasteiger partial charge in [-0.1, -0.05) is 39.0 Å². The second-order valence-electron chi connectivity index (χ2n) is 9.54. The van der Waals surface area contributed by atoms with Crippen LogP contribution < -0.4 is 14.4 Å². The lowest BCUT2D eigenvalue weighted by Gasteiger charge is -2.43. The summed E-state index contributed by atoms with van der Waals surface area (Å²) in [7, 11) is 2.93. The van der Waals surface area contributed by atoms with Crippen LogP contribution in [-0.2, 0) is 16.0 Å². The Morgan fingerprint density at radius 3 is 2.30 bits per heavy atom. The van der Waals surface area contributed by atoms with Crippen molar-refractivity contribution in [2.75, 3.05) is 19.1 Å². The summed E-state index contributed by atoms with van der Waals surface area (Å²) in [4.78, 5) is 29.0. The van der Waals surface area contributed by atoms with Gasteiger partial charge < -0.3 is 14.6 Å². The third-order valence-electron chi connectivity index (χ3n) is 6.66. The number of Topliss-reactive ketones (excluding diaryl/α,β-unsaturated/α-hetero) is 1.